The molecule has 2 N–H and O–H groups in total. The maximum absolute atomic E-state index is 12.8. The van der Waals surface area contributed by atoms with Gasteiger partial charge in [0.15, 0.2) is 11.6 Å². The second-order valence-electron chi connectivity index (χ2n) is 10.8. The summed E-state index contributed by atoms with van der Waals surface area (Å²) in [4.78, 5) is 9.18. The molecule has 2 aliphatic heterocycles. The van der Waals surface area contributed by atoms with Gasteiger partial charge in [-0.25, -0.2) is 4.98 Å². The first kappa shape index (κ1) is 22.2. The van der Waals surface area contributed by atoms with E-state index in [4.69, 9.17) is 10.8 Å². The van der Waals surface area contributed by atoms with Gasteiger partial charge < -0.3 is 15.4 Å². The molecule has 0 spiro atoms. The topological polar surface area (TPSA) is 72.4 Å². The molecule has 2 aromatic heterocycles. The number of nitrogens with two attached hydrogens (primary N) is 1. The van der Waals surface area contributed by atoms with Crippen LogP contribution in [0.5, 0.6) is 5.75 Å². The van der Waals surface area contributed by atoms with Crippen LogP contribution in [-0.2, 0) is 0 Å². The minimum absolute atomic E-state index is 0.151. The van der Waals surface area contributed by atoms with Gasteiger partial charge in [-0.2, -0.15) is 5.10 Å². The number of hydrogen-bond donors (Lipinski definition) is 1. The molecule has 2 aliphatic carbocycles. The Hall–Kier alpha value is -2.33. The van der Waals surface area contributed by atoms with Crippen LogP contribution >= 0.6 is 0 Å². The fraction of sp³-hybridized carbons (Fsp3) is 0.667. The number of hydrogen-bond acceptors (Lipinski definition) is 6. The molecule has 2 saturated heterocycles. The van der Waals surface area contributed by atoms with Crippen molar-refractivity contribution in [2.45, 2.75) is 69.6 Å². The summed E-state index contributed by atoms with van der Waals surface area (Å²) in [5.41, 5.74) is 7.85. The zero-order valence-electron chi connectivity index (χ0n) is 19.7. The van der Waals surface area contributed by atoms with E-state index in [1.807, 2.05) is 10.7 Å². The number of anilines is 1. The number of nitrogens with zero attached hydrogens (tertiary/aromatic N) is 5. The summed E-state index contributed by atoms with van der Waals surface area (Å²) in [6, 6.07) is 5.58. The molecule has 4 fully saturated rings. The number of alkyl halides is 3. The number of likely N-dealkylation sites (N-methyl/N-ethyl adjacent to an activating group) is 1. The third kappa shape index (κ3) is 3.66. The highest BCUT2D eigenvalue weighted by Crippen LogP contribution is 2.64. The molecule has 0 radical (unpaired) electrons. The van der Waals surface area contributed by atoms with Gasteiger partial charge in [0, 0.05) is 60.6 Å². The molecule has 2 bridgehead atoms. The van der Waals surface area contributed by atoms with Crippen molar-refractivity contribution in [2.75, 3.05) is 25.9 Å². The van der Waals surface area contributed by atoms with Crippen molar-refractivity contribution < 1.29 is 17.9 Å². The number of rotatable bonds is 5. The van der Waals surface area contributed by atoms with Crippen molar-refractivity contribution in [3.05, 3.63) is 24.0 Å². The van der Waals surface area contributed by atoms with Crippen LogP contribution in [-0.4, -0.2) is 69.2 Å². The van der Waals surface area contributed by atoms with Gasteiger partial charge in [-0.1, -0.05) is 0 Å². The van der Waals surface area contributed by atoms with Gasteiger partial charge in [-0.3, -0.25) is 9.58 Å². The highest BCUT2D eigenvalue weighted by molar-refractivity contribution is 5.64. The lowest BCUT2D eigenvalue weighted by molar-refractivity contribution is -0.274. The highest BCUT2D eigenvalue weighted by Gasteiger charge is 2.60. The summed E-state index contributed by atoms with van der Waals surface area (Å²) in [6.07, 6.45) is 0.397. The van der Waals surface area contributed by atoms with Gasteiger partial charge >= 0.3 is 6.36 Å². The lowest BCUT2D eigenvalue weighted by Crippen LogP contribution is -2.48. The van der Waals surface area contributed by atoms with E-state index < -0.39 is 12.1 Å². The van der Waals surface area contributed by atoms with Crippen molar-refractivity contribution in [1.82, 2.24) is 24.6 Å². The largest absolute Gasteiger partial charge is 0.573 e. The van der Waals surface area contributed by atoms with E-state index in [9.17, 15) is 13.2 Å². The molecule has 2 aromatic rings. The normalized spacial score (nSPS) is 33.1. The van der Waals surface area contributed by atoms with Gasteiger partial charge in [0.1, 0.15) is 0 Å². The van der Waals surface area contributed by atoms with Gasteiger partial charge in [0.05, 0.1) is 5.69 Å². The SMILES string of the molecule is CC(C)n1nc(-c2cnc(N)c(OC(F)(F)F)c2)cc1[C@H]1[C@@H]2C[C@@H](N3C[C@@H]4C[C@H]3CN4C)C[C@@H]21. The Labute approximate surface area is 197 Å². The smallest absolute Gasteiger partial charge is 0.402 e. The second kappa shape index (κ2) is 7.58. The van der Waals surface area contributed by atoms with E-state index in [0.717, 1.165) is 12.1 Å². The van der Waals surface area contributed by atoms with Crippen LogP contribution in [0.3, 0.4) is 0 Å². The molecule has 2 saturated carbocycles. The summed E-state index contributed by atoms with van der Waals surface area (Å²) in [5, 5.41) is 4.75. The molecule has 0 aromatic carbocycles. The van der Waals surface area contributed by atoms with Crippen molar-refractivity contribution in [1.29, 1.82) is 0 Å². The summed E-state index contributed by atoms with van der Waals surface area (Å²) in [7, 11) is 2.24. The molecule has 4 aliphatic rings. The van der Waals surface area contributed by atoms with Crippen LogP contribution in [0.4, 0.5) is 19.0 Å². The summed E-state index contributed by atoms with van der Waals surface area (Å²) >= 11 is 0. The van der Waals surface area contributed by atoms with E-state index in [2.05, 4.69) is 40.4 Å². The number of pyridine rings is 1. The molecule has 6 rings (SSSR count). The number of nitrogen functional groups attached to an aromatic ring is 1. The molecule has 34 heavy (non-hydrogen) atoms. The monoisotopic (exact) mass is 476 g/mol. The average molecular weight is 477 g/mol. The van der Waals surface area contributed by atoms with E-state index in [0.29, 0.717) is 35.1 Å². The lowest BCUT2D eigenvalue weighted by atomic mass is 10.0. The Morgan fingerprint density at radius 1 is 1.06 bits per heavy atom. The number of piperazine rings is 1. The van der Waals surface area contributed by atoms with E-state index in [1.54, 1.807) is 0 Å². The number of halogens is 3. The van der Waals surface area contributed by atoms with Crippen LogP contribution in [0, 0.1) is 11.8 Å². The Balaban J connectivity index is 1.21. The first-order valence-electron chi connectivity index (χ1n) is 12.2. The zero-order valence-corrected chi connectivity index (χ0v) is 19.7. The molecular formula is C24H31F3N6O. The first-order chi connectivity index (χ1) is 16.1. The molecule has 184 valence electrons. The van der Waals surface area contributed by atoms with Gasteiger partial charge in [0.25, 0.3) is 0 Å². The van der Waals surface area contributed by atoms with Gasteiger partial charge in [-0.15, -0.1) is 13.2 Å². The minimum atomic E-state index is -4.83. The number of fused-ring (bicyclic) bond motifs is 3. The predicted molar refractivity (Wildman–Crippen MR) is 121 cm³/mol. The Morgan fingerprint density at radius 3 is 2.38 bits per heavy atom. The molecule has 0 unspecified atom stereocenters. The third-order valence-electron chi connectivity index (χ3n) is 8.44. The lowest BCUT2D eigenvalue weighted by Gasteiger charge is -2.37. The van der Waals surface area contributed by atoms with Crippen molar-refractivity contribution >= 4 is 5.82 Å². The predicted octanol–water partition coefficient (Wildman–Crippen LogP) is 3.89. The van der Waals surface area contributed by atoms with Crippen LogP contribution in [0.2, 0.25) is 0 Å². The third-order valence-corrected chi connectivity index (χ3v) is 8.44. The van der Waals surface area contributed by atoms with Gasteiger partial charge in [0.2, 0.25) is 0 Å². The van der Waals surface area contributed by atoms with Gasteiger partial charge in [-0.05, 0) is 64.1 Å². The molecule has 6 atom stereocenters. The van der Waals surface area contributed by atoms with Crippen molar-refractivity contribution in [3.63, 3.8) is 0 Å². The molecule has 4 heterocycles. The van der Waals surface area contributed by atoms with Crippen LogP contribution in [0.25, 0.3) is 11.3 Å². The quantitative estimate of drug-likeness (QED) is 0.706. The van der Waals surface area contributed by atoms with Crippen molar-refractivity contribution in [3.8, 4) is 17.0 Å². The van der Waals surface area contributed by atoms with E-state index in [-0.39, 0.29) is 11.9 Å². The highest BCUT2D eigenvalue weighted by atomic mass is 19.4. The number of likely N-dealkylation sites (tertiary alicyclic amines) is 2. The first-order valence-corrected chi connectivity index (χ1v) is 12.2. The molecule has 10 heteroatoms. The molecular weight excluding hydrogens is 445 g/mol. The molecule has 0 amide bonds. The minimum Gasteiger partial charge on any atom is -0.402 e. The summed E-state index contributed by atoms with van der Waals surface area (Å²) in [6.45, 7) is 6.56. The van der Waals surface area contributed by atoms with Crippen LogP contribution < -0.4 is 10.5 Å². The second-order valence-corrected chi connectivity index (χ2v) is 10.8. The maximum atomic E-state index is 12.8. The van der Waals surface area contributed by atoms with E-state index >= 15 is 0 Å². The average Bonchev–Trinajstić information content (AvgIpc) is 3.28. The Bertz CT molecular complexity index is 1090. The molecule has 7 nitrogen and oxygen atoms in total. The number of aromatic nitrogens is 3. The maximum Gasteiger partial charge on any atom is 0.573 e. The van der Waals surface area contributed by atoms with Crippen LogP contribution in [0.15, 0.2) is 18.3 Å². The fourth-order valence-electron chi connectivity index (χ4n) is 6.88. The zero-order chi connectivity index (χ0) is 23.9. The number of ether oxygens (including phenoxy) is 1. The Morgan fingerprint density at radius 2 is 1.79 bits per heavy atom. The Kier molecular flexibility index (Phi) is 4.94. The van der Waals surface area contributed by atoms with Crippen molar-refractivity contribution in [2.24, 2.45) is 11.8 Å². The fourth-order valence-corrected chi connectivity index (χ4v) is 6.88. The summed E-state index contributed by atoms with van der Waals surface area (Å²) < 4.78 is 44.4. The summed E-state index contributed by atoms with van der Waals surface area (Å²) in [5.74, 6) is 1.00. The standard InChI is InChI=1S/C24H31F3N6O/c1-12(2)33-20(8-19(30-33)13-4-21(23(28)29-9-13)34-24(25,26)27)22-17-6-14(7-18(17)22)32-11-15-5-16(32)10-31(15)3/h4,8-9,12,14-18,22H,5-7,10-11H2,1-3H3,(H2,28,29)/t14-,15-,16-,17-,18+,22+/m0/s1. The van der Waals surface area contributed by atoms with Crippen LogP contribution in [0.1, 0.15) is 50.8 Å². The van der Waals surface area contributed by atoms with E-state index in [1.165, 1.54) is 50.3 Å².